The fourth-order valence-electron chi connectivity index (χ4n) is 3.20. The molecule has 2 aromatic rings. The van der Waals surface area contributed by atoms with Gasteiger partial charge in [-0.05, 0) is 30.5 Å². The fraction of sp³-hybridized carbons (Fsp3) is 0.474. The normalized spacial score (nSPS) is 14.8. The summed E-state index contributed by atoms with van der Waals surface area (Å²) >= 11 is 1.72. The second-order valence-corrected chi connectivity index (χ2v) is 7.35. The van der Waals surface area contributed by atoms with Crippen molar-refractivity contribution in [2.75, 3.05) is 6.54 Å². The van der Waals surface area contributed by atoms with Crippen LogP contribution in [-0.4, -0.2) is 17.4 Å². The lowest BCUT2D eigenvalue weighted by molar-refractivity contribution is 0.0954. The highest BCUT2D eigenvalue weighted by atomic mass is 35.5. The zero-order valence-corrected chi connectivity index (χ0v) is 16.0. The van der Waals surface area contributed by atoms with Crippen molar-refractivity contribution in [1.29, 1.82) is 0 Å². The molecule has 0 aliphatic heterocycles. The molecule has 0 saturated heterocycles. The first kappa shape index (κ1) is 19.9. The van der Waals surface area contributed by atoms with E-state index in [1.165, 1.54) is 37.8 Å². The molecule has 1 aliphatic carbocycles. The Balaban J connectivity index is 0.00000225. The Bertz CT molecular complexity index is 666. The molecule has 25 heavy (non-hydrogen) atoms. The minimum Gasteiger partial charge on any atom is -0.352 e. The third kappa shape index (κ3) is 5.53. The lowest BCUT2D eigenvalue weighted by Gasteiger charge is -2.19. The number of amides is 1. The van der Waals surface area contributed by atoms with E-state index in [-0.39, 0.29) is 18.3 Å². The molecule has 1 saturated carbocycles. The summed E-state index contributed by atoms with van der Waals surface area (Å²) in [5.41, 5.74) is 8.54. The van der Waals surface area contributed by atoms with Crippen molar-refractivity contribution in [3.8, 4) is 0 Å². The van der Waals surface area contributed by atoms with Crippen molar-refractivity contribution in [1.82, 2.24) is 10.3 Å². The largest absolute Gasteiger partial charge is 0.352 e. The summed E-state index contributed by atoms with van der Waals surface area (Å²) < 4.78 is 0. The zero-order chi connectivity index (χ0) is 16.8. The van der Waals surface area contributed by atoms with Crippen molar-refractivity contribution in [3.63, 3.8) is 0 Å². The van der Waals surface area contributed by atoms with Crippen molar-refractivity contribution in [3.05, 3.63) is 51.5 Å². The highest BCUT2D eigenvalue weighted by molar-refractivity contribution is 7.09. The van der Waals surface area contributed by atoms with Crippen LogP contribution in [0, 0.1) is 0 Å². The molecule has 1 heterocycles. The molecule has 3 N–H and O–H groups in total. The van der Waals surface area contributed by atoms with E-state index in [0.717, 1.165) is 17.0 Å². The Morgan fingerprint density at radius 1 is 1.20 bits per heavy atom. The number of carbonyl (C=O) groups excluding carboxylic acids is 1. The van der Waals surface area contributed by atoms with Crippen molar-refractivity contribution in [2.24, 2.45) is 5.73 Å². The van der Waals surface area contributed by atoms with E-state index >= 15 is 0 Å². The first-order chi connectivity index (χ1) is 11.8. The van der Waals surface area contributed by atoms with Gasteiger partial charge < -0.3 is 11.1 Å². The second kappa shape index (κ2) is 9.90. The lowest BCUT2D eigenvalue weighted by Crippen LogP contribution is -2.25. The van der Waals surface area contributed by atoms with Gasteiger partial charge >= 0.3 is 0 Å². The van der Waals surface area contributed by atoms with Crippen LogP contribution >= 0.6 is 23.7 Å². The first-order valence-electron chi connectivity index (χ1n) is 8.78. The van der Waals surface area contributed by atoms with Gasteiger partial charge in [0.1, 0.15) is 0 Å². The van der Waals surface area contributed by atoms with Crippen molar-refractivity contribution >= 4 is 29.7 Å². The van der Waals surface area contributed by atoms with E-state index in [4.69, 9.17) is 10.7 Å². The fourth-order valence-corrected chi connectivity index (χ4v) is 4.08. The van der Waals surface area contributed by atoms with Crippen molar-refractivity contribution < 1.29 is 4.79 Å². The number of thiazole rings is 1. The van der Waals surface area contributed by atoms with Gasteiger partial charge in [0, 0.05) is 36.4 Å². The molecule has 136 valence electrons. The third-order valence-electron chi connectivity index (χ3n) is 4.67. The highest BCUT2D eigenvalue weighted by Gasteiger charge is 2.18. The molecule has 1 aliphatic rings. The summed E-state index contributed by atoms with van der Waals surface area (Å²) in [7, 11) is 0. The van der Waals surface area contributed by atoms with E-state index in [9.17, 15) is 4.79 Å². The molecule has 1 amide bonds. The van der Waals surface area contributed by atoms with Gasteiger partial charge in [0.25, 0.3) is 5.91 Å². The van der Waals surface area contributed by atoms with Gasteiger partial charge in [0.2, 0.25) is 0 Å². The van der Waals surface area contributed by atoms with Crippen LogP contribution in [0.1, 0.15) is 64.6 Å². The molecule has 3 rings (SSSR count). The van der Waals surface area contributed by atoms with Crippen LogP contribution in [0.3, 0.4) is 0 Å². The van der Waals surface area contributed by atoms with Gasteiger partial charge in [-0.25, -0.2) is 4.98 Å². The van der Waals surface area contributed by atoms with Gasteiger partial charge in [0.15, 0.2) is 0 Å². The smallest absolute Gasteiger partial charge is 0.251 e. The Labute approximate surface area is 159 Å². The molecule has 0 spiro atoms. The number of nitrogens with zero attached hydrogens (tertiary/aromatic N) is 1. The highest BCUT2D eigenvalue weighted by Crippen LogP contribution is 2.33. The molecule has 6 heteroatoms. The predicted octanol–water partition coefficient (Wildman–Crippen LogP) is 4.04. The Kier molecular flexibility index (Phi) is 7.88. The van der Waals surface area contributed by atoms with Crippen LogP contribution in [0.25, 0.3) is 0 Å². The lowest BCUT2D eigenvalue weighted by atomic mass is 9.87. The van der Waals surface area contributed by atoms with E-state index in [0.29, 0.717) is 24.6 Å². The number of nitrogens with two attached hydrogens (primary N) is 1. The topological polar surface area (TPSA) is 68.0 Å². The maximum absolute atomic E-state index is 12.1. The van der Waals surface area contributed by atoms with Crippen LogP contribution in [0.15, 0.2) is 29.6 Å². The number of benzene rings is 1. The average Bonchev–Trinajstić information content (AvgIpc) is 3.11. The summed E-state index contributed by atoms with van der Waals surface area (Å²) in [5.74, 6) is 0.613. The van der Waals surface area contributed by atoms with Crippen molar-refractivity contribution in [2.45, 2.75) is 51.0 Å². The van der Waals surface area contributed by atoms with Gasteiger partial charge in [-0.2, -0.15) is 0 Å². The maximum atomic E-state index is 12.1. The predicted molar refractivity (Wildman–Crippen MR) is 106 cm³/mol. The molecule has 0 radical (unpaired) electrons. The summed E-state index contributed by atoms with van der Waals surface area (Å²) in [5, 5.41) is 6.30. The minimum atomic E-state index is -0.0392. The number of hydrogen-bond acceptors (Lipinski definition) is 4. The molecule has 1 fully saturated rings. The molecule has 0 bridgehead atoms. The molecule has 4 nitrogen and oxygen atoms in total. The summed E-state index contributed by atoms with van der Waals surface area (Å²) in [6.07, 6.45) is 7.38. The number of nitrogens with one attached hydrogen (secondary N) is 1. The maximum Gasteiger partial charge on any atom is 0.251 e. The molecule has 1 aromatic heterocycles. The zero-order valence-electron chi connectivity index (χ0n) is 14.4. The number of rotatable bonds is 6. The number of carbonyl (C=O) groups is 1. The van der Waals surface area contributed by atoms with Gasteiger partial charge in [-0.3, -0.25) is 4.79 Å². The molecule has 0 atom stereocenters. The number of halogens is 1. The van der Waals surface area contributed by atoms with Crippen LogP contribution in [0.5, 0.6) is 0 Å². The Morgan fingerprint density at radius 2 is 1.92 bits per heavy atom. The van der Waals surface area contributed by atoms with Crippen LogP contribution in [0.4, 0.5) is 0 Å². The molecule has 1 aromatic carbocycles. The SMILES string of the molecule is Cl.NCc1ccc(C(=O)NCCc2nc(C3CCCCC3)cs2)cc1. The van der Waals surface area contributed by atoms with E-state index in [1.54, 1.807) is 11.3 Å². The molecular weight excluding hydrogens is 354 g/mol. The van der Waals surface area contributed by atoms with E-state index in [2.05, 4.69) is 10.7 Å². The quantitative estimate of drug-likeness (QED) is 0.795. The van der Waals surface area contributed by atoms with E-state index in [1.807, 2.05) is 24.3 Å². The second-order valence-electron chi connectivity index (χ2n) is 6.41. The van der Waals surface area contributed by atoms with Crippen LogP contribution in [-0.2, 0) is 13.0 Å². The van der Waals surface area contributed by atoms with Gasteiger partial charge in [-0.15, -0.1) is 23.7 Å². The van der Waals surface area contributed by atoms with E-state index < -0.39 is 0 Å². The Morgan fingerprint density at radius 3 is 2.60 bits per heavy atom. The summed E-state index contributed by atoms with van der Waals surface area (Å²) in [6.45, 7) is 1.12. The van der Waals surface area contributed by atoms with Gasteiger partial charge in [-0.1, -0.05) is 31.4 Å². The summed E-state index contributed by atoms with van der Waals surface area (Å²) in [6, 6.07) is 7.43. The monoisotopic (exact) mass is 379 g/mol. The average molecular weight is 380 g/mol. The molecule has 0 unspecified atom stereocenters. The Hall–Kier alpha value is -1.43. The number of aromatic nitrogens is 1. The van der Waals surface area contributed by atoms with Gasteiger partial charge in [0.05, 0.1) is 10.7 Å². The first-order valence-corrected chi connectivity index (χ1v) is 9.65. The minimum absolute atomic E-state index is 0. The van der Waals surface area contributed by atoms with Crippen LogP contribution < -0.4 is 11.1 Å². The third-order valence-corrected chi connectivity index (χ3v) is 5.60. The standard InChI is InChI=1S/C19H25N3OS.ClH/c20-12-14-6-8-16(9-7-14)19(23)21-11-10-18-22-17(13-24-18)15-4-2-1-3-5-15;/h6-9,13,15H,1-5,10-12,20H2,(H,21,23);1H. The van der Waals surface area contributed by atoms with Crippen LogP contribution in [0.2, 0.25) is 0 Å². The summed E-state index contributed by atoms with van der Waals surface area (Å²) in [4.78, 5) is 16.9. The molecular formula is C19H26ClN3OS. The number of hydrogen-bond donors (Lipinski definition) is 2.